The van der Waals surface area contributed by atoms with E-state index in [4.69, 9.17) is 4.74 Å². The van der Waals surface area contributed by atoms with Gasteiger partial charge in [0.05, 0.1) is 16.7 Å². The molecule has 0 aliphatic heterocycles. The second-order valence-corrected chi connectivity index (χ2v) is 7.92. The van der Waals surface area contributed by atoms with Crippen LogP contribution in [-0.2, 0) is 18.3 Å². The van der Waals surface area contributed by atoms with Gasteiger partial charge in [-0.1, -0.05) is 23.9 Å². The van der Waals surface area contributed by atoms with Crippen molar-refractivity contribution in [1.29, 1.82) is 0 Å². The Morgan fingerprint density at radius 2 is 2.00 bits per heavy atom. The lowest BCUT2D eigenvalue weighted by Crippen LogP contribution is -2.24. The predicted octanol–water partition coefficient (Wildman–Crippen LogP) is 3.75. The van der Waals surface area contributed by atoms with Gasteiger partial charge in [-0.25, -0.2) is 4.98 Å². The van der Waals surface area contributed by atoms with Gasteiger partial charge in [0.25, 0.3) is 5.56 Å². The Labute approximate surface area is 174 Å². The molecule has 0 bridgehead atoms. The summed E-state index contributed by atoms with van der Waals surface area (Å²) < 4.78 is 9.08. The zero-order valence-corrected chi connectivity index (χ0v) is 18.2. The Morgan fingerprint density at radius 1 is 1.24 bits per heavy atom. The lowest BCUT2D eigenvalue weighted by molar-refractivity contribution is 0.102. The van der Waals surface area contributed by atoms with E-state index in [9.17, 15) is 9.59 Å². The molecule has 0 N–H and O–H groups in total. The van der Waals surface area contributed by atoms with E-state index < -0.39 is 0 Å². The number of ketones is 1. The summed E-state index contributed by atoms with van der Waals surface area (Å²) in [5.74, 6) is 0.278. The van der Waals surface area contributed by atoms with Crippen molar-refractivity contribution in [3.05, 3.63) is 57.6 Å². The van der Waals surface area contributed by atoms with E-state index in [-0.39, 0.29) is 17.1 Å². The molecule has 7 heteroatoms. The van der Waals surface area contributed by atoms with E-state index in [0.717, 1.165) is 17.0 Å². The Morgan fingerprint density at radius 3 is 2.69 bits per heavy atom. The molecular formula is C22H27N3O3S. The molecule has 0 spiro atoms. The van der Waals surface area contributed by atoms with Gasteiger partial charge in [-0.3, -0.25) is 14.2 Å². The average molecular weight is 414 g/mol. The van der Waals surface area contributed by atoms with Crippen molar-refractivity contribution in [2.24, 2.45) is 7.05 Å². The maximum Gasteiger partial charge on any atom is 0.262 e. The van der Waals surface area contributed by atoms with Crippen LogP contribution in [0, 0.1) is 13.8 Å². The number of aryl methyl sites for hydroxylation is 1. The normalized spacial score (nSPS) is 11.3. The van der Waals surface area contributed by atoms with Crippen molar-refractivity contribution in [2.45, 2.75) is 38.9 Å². The van der Waals surface area contributed by atoms with Crippen molar-refractivity contribution in [2.75, 3.05) is 19.0 Å². The highest BCUT2D eigenvalue weighted by Gasteiger charge is 2.17. The first kappa shape index (κ1) is 21.3. The van der Waals surface area contributed by atoms with Gasteiger partial charge in [0.1, 0.15) is 0 Å². The molecule has 0 aliphatic rings. The van der Waals surface area contributed by atoms with Crippen LogP contribution >= 0.6 is 11.8 Å². The molecule has 29 heavy (non-hydrogen) atoms. The number of fused-ring (bicyclic) bond motifs is 1. The minimum Gasteiger partial charge on any atom is -0.382 e. The highest BCUT2D eigenvalue weighted by Crippen LogP contribution is 2.21. The van der Waals surface area contributed by atoms with Gasteiger partial charge < -0.3 is 9.30 Å². The predicted molar refractivity (Wildman–Crippen MR) is 117 cm³/mol. The number of benzene rings is 1. The van der Waals surface area contributed by atoms with Crippen LogP contribution in [0.4, 0.5) is 0 Å². The summed E-state index contributed by atoms with van der Waals surface area (Å²) in [6, 6.07) is 9.25. The Bertz CT molecular complexity index is 1080. The quantitative estimate of drug-likeness (QED) is 0.231. The molecule has 0 fully saturated rings. The Kier molecular flexibility index (Phi) is 6.92. The summed E-state index contributed by atoms with van der Waals surface area (Å²) in [6.07, 6.45) is 0.715. The van der Waals surface area contributed by atoms with Gasteiger partial charge in [-0.2, -0.15) is 0 Å². The topological polar surface area (TPSA) is 66.1 Å². The fourth-order valence-corrected chi connectivity index (χ4v) is 4.18. The lowest BCUT2D eigenvalue weighted by Gasteiger charge is -2.13. The Hall–Kier alpha value is -2.38. The van der Waals surface area contributed by atoms with Gasteiger partial charge in [0.15, 0.2) is 10.9 Å². The molecule has 3 rings (SSSR count). The van der Waals surface area contributed by atoms with Crippen LogP contribution in [0.25, 0.3) is 10.9 Å². The molecule has 0 aliphatic carbocycles. The number of para-hydroxylation sites is 1. The van der Waals surface area contributed by atoms with Crippen molar-refractivity contribution >= 4 is 28.4 Å². The second-order valence-electron chi connectivity index (χ2n) is 6.97. The minimum atomic E-state index is -0.0752. The van der Waals surface area contributed by atoms with Gasteiger partial charge >= 0.3 is 0 Å². The minimum absolute atomic E-state index is 0.0412. The first-order chi connectivity index (χ1) is 13.9. The number of hydrogen-bond acceptors (Lipinski definition) is 5. The van der Waals surface area contributed by atoms with E-state index in [0.29, 0.717) is 42.2 Å². The van der Waals surface area contributed by atoms with E-state index in [2.05, 4.69) is 4.98 Å². The monoisotopic (exact) mass is 413 g/mol. The number of hydrogen-bond donors (Lipinski definition) is 0. The fraction of sp³-hybridized carbons (Fsp3) is 0.409. The number of thioether (sulfide) groups is 1. The number of rotatable bonds is 9. The summed E-state index contributed by atoms with van der Waals surface area (Å²) in [5.41, 5.74) is 3.30. The third-order valence-electron chi connectivity index (χ3n) is 5.11. The van der Waals surface area contributed by atoms with E-state index in [1.807, 2.05) is 56.7 Å². The molecule has 0 amide bonds. The number of Topliss-reactive ketones (excluding diaryl/α,β-unsaturated/α-hetero) is 1. The van der Waals surface area contributed by atoms with Crippen LogP contribution in [0.2, 0.25) is 0 Å². The fourth-order valence-electron chi connectivity index (χ4n) is 3.27. The van der Waals surface area contributed by atoms with Crippen LogP contribution in [0.3, 0.4) is 0 Å². The summed E-state index contributed by atoms with van der Waals surface area (Å²) >= 11 is 1.32. The molecule has 0 radical (unpaired) electrons. The van der Waals surface area contributed by atoms with Crippen molar-refractivity contribution < 1.29 is 9.53 Å². The van der Waals surface area contributed by atoms with Crippen LogP contribution in [-0.4, -0.2) is 38.9 Å². The molecule has 6 nitrogen and oxygen atoms in total. The summed E-state index contributed by atoms with van der Waals surface area (Å²) in [7, 11) is 1.95. The third-order valence-corrected chi connectivity index (χ3v) is 6.09. The first-order valence-corrected chi connectivity index (χ1v) is 10.8. The zero-order chi connectivity index (χ0) is 21.0. The number of aromatic nitrogens is 3. The largest absolute Gasteiger partial charge is 0.382 e. The molecule has 0 atom stereocenters. The van der Waals surface area contributed by atoms with Crippen molar-refractivity contribution in [1.82, 2.24) is 14.1 Å². The highest BCUT2D eigenvalue weighted by atomic mass is 32.2. The molecule has 2 heterocycles. The molecule has 0 saturated carbocycles. The number of carbonyl (C=O) groups excluding carboxylic acids is 1. The van der Waals surface area contributed by atoms with Crippen LogP contribution in [0.15, 0.2) is 40.3 Å². The van der Waals surface area contributed by atoms with Crippen LogP contribution in [0.5, 0.6) is 0 Å². The molecule has 154 valence electrons. The van der Waals surface area contributed by atoms with Gasteiger partial charge in [-0.15, -0.1) is 0 Å². The Balaban J connectivity index is 1.87. The van der Waals surface area contributed by atoms with Crippen LogP contribution < -0.4 is 5.56 Å². The molecule has 3 aromatic rings. The van der Waals surface area contributed by atoms with E-state index >= 15 is 0 Å². The van der Waals surface area contributed by atoms with Gasteiger partial charge in [0.2, 0.25) is 0 Å². The second kappa shape index (κ2) is 9.41. The smallest absolute Gasteiger partial charge is 0.262 e. The summed E-state index contributed by atoms with van der Waals surface area (Å²) in [4.78, 5) is 30.5. The number of nitrogens with zero attached hydrogens (tertiary/aromatic N) is 3. The molecule has 0 saturated heterocycles. The number of ether oxygens (including phenoxy) is 1. The molecule has 2 aromatic heterocycles. The SMILES string of the molecule is CCOCCCn1c(SCC(=O)c2cc(C)n(C)c2C)nc2ccccc2c1=O. The molecule has 1 aromatic carbocycles. The van der Waals surface area contributed by atoms with Crippen molar-refractivity contribution in [3.63, 3.8) is 0 Å². The first-order valence-electron chi connectivity index (χ1n) is 9.80. The maximum atomic E-state index is 13.0. The van der Waals surface area contributed by atoms with Gasteiger partial charge in [-0.05, 0) is 45.4 Å². The third kappa shape index (κ3) is 4.62. The highest BCUT2D eigenvalue weighted by molar-refractivity contribution is 7.99. The maximum absolute atomic E-state index is 13.0. The summed E-state index contributed by atoms with van der Waals surface area (Å²) in [6.45, 7) is 7.62. The standard InChI is InChI=1S/C22H27N3O3S/c1-5-28-12-8-11-25-21(27)17-9-6-7-10-19(17)23-22(25)29-14-20(26)18-13-15(2)24(4)16(18)3/h6-7,9-10,13H,5,8,11-12,14H2,1-4H3. The summed E-state index contributed by atoms with van der Waals surface area (Å²) in [5, 5.41) is 1.16. The molecular weight excluding hydrogens is 386 g/mol. The number of carbonyl (C=O) groups is 1. The lowest BCUT2D eigenvalue weighted by atomic mass is 10.2. The zero-order valence-electron chi connectivity index (χ0n) is 17.4. The average Bonchev–Trinajstić information content (AvgIpc) is 2.98. The van der Waals surface area contributed by atoms with Crippen LogP contribution in [0.1, 0.15) is 35.1 Å². The molecule has 0 unspecified atom stereocenters. The van der Waals surface area contributed by atoms with Crippen molar-refractivity contribution in [3.8, 4) is 0 Å². The van der Waals surface area contributed by atoms with E-state index in [1.54, 1.807) is 10.6 Å². The van der Waals surface area contributed by atoms with Gasteiger partial charge in [0, 0.05) is 43.8 Å². The van der Waals surface area contributed by atoms with E-state index in [1.165, 1.54) is 11.8 Å².